The normalized spacial score (nSPS) is 19.1. The number of ether oxygens (including phenoxy) is 4. The van der Waals surface area contributed by atoms with Gasteiger partial charge in [0.2, 0.25) is 6.79 Å². The van der Waals surface area contributed by atoms with Crippen molar-refractivity contribution < 1.29 is 28.2 Å². The van der Waals surface area contributed by atoms with Crippen molar-refractivity contribution in [2.24, 2.45) is 0 Å². The third-order valence-electron chi connectivity index (χ3n) is 4.26. The molecule has 1 saturated heterocycles. The topological polar surface area (TPSA) is 70.4 Å². The molecule has 3 heterocycles. The number of hydrogen-bond donors (Lipinski definition) is 0. The van der Waals surface area contributed by atoms with Crippen molar-refractivity contribution in [2.45, 2.75) is 13.0 Å². The molecule has 1 aromatic heterocycles. The molecule has 0 radical (unpaired) electrons. The number of nitrogens with zero attached hydrogens (tertiary/aromatic N) is 1. The number of amides is 1. The number of rotatable bonds is 4. The molecule has 7 heteroatoms. The number of hydrogen-bond acceptors (Lipinski definition) is 6. The summed E-state index contributed by atoms with van der Waals surface area (Å²) < 4.78 is 27.4. The molecular weight excluding hydrogens is 326 g/mol. The molecule has 7 nitrogen and oxygen atoms in total. The number of benzene rings is 1. The van der Waals surface area contributed by atoms with Crippen LogP contribution < -0.4 is 14.2 Å². The molecule has 1 atom stereocenters. The Balaban J connectivity index is 1.35. The fourth-order valence-electron chi connectivity index (χ4n) is 2.90. The molecule has 1 amide bonds. The summed E-state index contributed by atoms with van der Waals surface area (Å²) in [6.07, 6.45) is 1.34. The number of carbonyl (C=O) groups excluding carboxylic acids is 1. The van der Waals surface area contributed by atoms with Gasteiger partial charge in [0.05, 0.1) is 19.4 Å². The van der Waals surface area contributed by atoms with Gasteiger partial charge in [0.15, 0.2) is 17.3 Å². The maximum absolute atomic E-state index is 12.5. The molecule has 0 aliphatic carbocycles. The summed E-state index contributed by atoms with van der Waals surface area (Å²) in [4.78, 5) is 14.3. The molecule has 0 bridgehead atoms. The van der Waals surface area contributed by atoms with Gasteiger partial charge in [-0.15, -0.1) is 0 Å². The van der Waals surface area contributed by atoms with E-state index in [1.54, 1.807) is 17.0 Å². The summed E-state index contributed by atoms with van der Waals surface area (Å²) in [6, 6.07) is 7.22. The highest BCUT2D eigenvalue weighted by Crippen LogP contribution is 2.35. The van der Waals surface area contributed by atoms with Crippen LogP contribution in [-0.4, -0.2) is 50.0 Å². The van der Waals surface area contributed by atoms with Gasteiger partial charge in [-0.3, -0.25) is 4.79 Å². The fraction of sp³-hybridized carbons (Fsp3) is 0.389. The Hall–Kier alpha value is -2.67. The maximum atomic E-state index is 12.5. The van der Waals surface area contributed by atoms with Crippen molar-refractivity contribution >= 4 is 5.91 Å². The zero-order chi connectivity index (χ0) is 17.2. The van der Waals surface area contributed by atoms with E-state index in [-0.39, 0.29) is 18.8 Å². The second-order valence-electron chi connectivity index (χ2n) is 6.00. The van der Waals surface area contributed by atoms with Crippen LogP contribution in [0.25, 0.3) is 0 Å². The van der Waals surface area contributed by atoms with Crippen LogP contribution in [0.15, 0.2) is 34.9 Å². The Morgan fingerprint density at radius 1 is 1.28 bits per heavy atom. The summed E-state index contributed by atoms with van der Waals surface area (Å²) in [5.74, 6) is 2.34. The van der Waals surface area contributed by atoms with E-state index >= 15 is 0 Å². The Bertz CT molecular complexity index is 771. The van der Waals surface area contributed by atoms with Gasteiger partial charge in [-0.05, 0) is 25.1 Å². The Labute approximate surface area is 145 Å². The zero-order valence-electron chi connectivity index (χ0n) is 13.9. The van der Waals surface area contributed by atoms with E-state index in [0.29, 0.717) is 49.3 Å². The SMILES string of the molecule is Cc1ccoc1C(=O)N1CCOC(COc2ccc3c(c2)OCO3)C1. The largest absolute Gasteiger partial charge is 0.491 e. The van der Waals surface area contributed by atoms with E-state index in [2.05, 4.69) is 0 Å². The predicted molar refractivity (Wildman–Crippen MR) is 87.1 cm³/mol. The van der Waals surface area contributed by atoms with Gasteiger partial charge in [-0.2, -0.15) is 0 Å². The first-order chi connectivity index (χ1) is 12.2. The van der Waals surface area contributed by atoms with E-state index < -0.39 is 0 Å². The van der Waals surface area contributed by atoms with Gasteiger partial charge < -0.3 is 28.3 Å². The summed E-state index contributed by atoms with van der Waals surface area (Å²) in [5.41, 5.74) is 0.838. The standard InChI is InChI=1S/C18H19NO6/c1-12-4-6-22-17(12)18(20)19-5-7-21-14(9-19)10-23-13-2-3-15-16(8-13)25-11-24-15/h2-4,6,8,14H,5,7,9-11H2,1H3. The van der Waals surface area contributed by atoms with Crippen LogP contribution in [0.2, 0.25) is 0 Å². The van der Waals surface area contributed by atoms with E-state index in [1.807, 2.05) is 19.1 Å². The van der Waals surface area contributed by atoms with E-state index in [0.717, 1.165) is 5.56 Å². The molecule has 0 N–H and O–H groups in total. The first-order valence-electron chi connectivity index (χ1n) is 8.18. The van der Waals surface area contributed by atoms with Gasteiger partial charge >= 0.3 is 0 Å². The second kappa shape index (κ2) is 6.68. The van der Waals surface area contributed by atoms with Gasteiger partial charge in [-0.1, -0.05) is 0 Å². The summed E-state index contributed by atoms with van der Waals surface area (Å²) >= 11 is 0. The highest BCUT2D eigenvalue weighted by Gasteiger charge is 2.28. The smallest absolute Gasteiger partial charge is 0.289 e. The van der Waals surface area contributed by atoms with E-state index in [1.165, 1.54) is 6.26 Å². The maximum Gasteiger partial charge on any atom is 0.289 e. The summed E-state index contributed by atoms with van der Waals surface area (Å²) in [5, 5.41) is 0. The molecule has 25 heavy (non-hydrogen) atoms. The van der Waals surface area contributed by atoms with Crippen LogP contribution in [0.4, 0.5) is 0 Å². The lowest BCUT2D eigenvalue weighted by Crippen LogP contribution is -2.47. The van der Waals surface area contributed by atoms with Crippen LogP contribution in [-0.2, 0) is 4.74 Å². The number of aryl methyl sites for hydroxylation is 1. The molecule has 0 saturated carbocycles. The summed E-state index contributed by atoms with van der Waals surface area (Å²) in [7, 11) is 0. The minimum Gasteiger partial charge on any atom is -0.491 e. The van der Waals surface area contributed by atoms with Crippen molar-refractivity contribution in [1.82, 2.24) is 4.90 Å². The van der Waals surface area contributed by atoms with Crippen molar-refractivity contribution in [3.63, 3.8) is 0 Å². The third kappa shape index (κ3) is 3.28. The van der Waals surface area contributed by atoms with Crippen LogP contribution >= 0.6 is 0 Å². The first kappa shape index (κ1) is 15.8. The van der Waals surface area contributed by atoms with Gasteiger partial charge in [0.1, 0.15) is 18.5 Å². The molecule has 0 spiro atoms. The molecule has 1 unspecified atom stereocenters. The average molecular weight is 345 g/mol. The third-order valence-corrected chi connectivity index (χ3v) is 4.26. The van der Waals surface area contributed by atoms with Crippen molar-refractivity contribution in [3.8, 4) is 17.2 Å². The Morgan fingerprint density at radius 2 is 2.16 bits per heavy atom. The van der Waals surface area contributed by atoms with Gasteiger partial charge in [-0.25, -0.2) is 0 Å². The van der Waals surface area contributed by atoms with Crippen LogP contribution in [0.5, 0.6) is 17.2 Å². The average Bonchev–Trinajstić information content (AvgIpc) is 3.27. The zero-order valence-corrected chi connectivity index (χ0v) is 13.9. The molecule has 4 rings (SSSR count). The second-order valence-corrected chi connectivity index (χ2v) is 6.00. The monoisotopic (exact) mass is 345 g/mol. The summed E-state index contributed by atoms with van der Waals surface area (Å²) in [6.45, 7) is 3.91. The minimum absolute atomic E-state index is 0.112. The predicted octanol–water partition coefficient (Wildman–Crippen LogP) is 2.24. The molecule has 132 valence electrons. The molecule has 1 aromatic carbocycles. The van der Waals surface area contributed by atoms with Gasteiger partial charge in [0.25, 0.3) is 5.91 Å². The van der Waals surface area contributed by atoms with E-state index in [9.17, 15) is 4.79 Å². The lowest BCUT2D eigenvalue weighted by atomic mass is 10.2. The molecule has 2 aliphatic heterocycles. The highest BCUT2D eigenvalue weighted by molar-refractivity contribution is 5.92. The lowest BCUT2D eigenvalue weighted by Gasteiger charge is -2.32. The molecule has 2 aromatic rings. The number of furan rings is 1. The quantitative estimate of drug-likeness (QED) is 0.846. The molecule has 2 aliphatic rings. The van der Waals surface area contributed by atoms with Crippen LogP contribution in [0, 0.1) is 6.92 Å². The number of carbonyl (C=O) groups is 1. The van der Waals surface area contributed by atoms with Crippen molar-refractivity contribution in [1.29, 1.82) is 0 Å². The highest BCUT2D eigenvalue weighted by atomic mass is 16.7. The first-order valence-corrected chi connectivity index (χ1v) is 8.18. The van der Waals surface area contributed by atoms with Gasteiger partial charge in [0, 0.05) is 18.2 Å². The lowest BCUT2D eigenvalue weighted by molar-refractivity contribution is -0.0408. The Kier molecular flexibility index (Phi) is 4.23. The van der Waals surface area contributed by atoms with Crippen molar-refractivity contribution in [3.05, 3.63) is 41.9 Å². The fourth-order valence-corrected chi connectivity index (χ4v) is 2.90. The molecular formula is C18H19NO6. The van der Waals surface area contributed by atoms with E-state index in [4.69, 9.17) is 23.4 Å². The number of fused-ring (bicyclic) bond motifs is 1. The minimum atomic E-state index is -0.196. The van der Waals surface area contributed by atoms with Crippen molar-refractivity contribution in [2.75, 3.05) is 33.1 Å². The molecule has 1 fully saturated rings. The Morgan fingerprint density at radius 3 is 3.00 bits per heavy atom. The van der Waals surface area contributed by atoms with Crippen LogP contribution in [0.3, 0.4) is 0 Å². The van der Waals surface area contributed by atoms with Crippen LogP contribution in [0.1, 0.15) is 16.1 Å². The number of morpholine rings is 1.